The third-order valence-electron chi connectivity index (χ3n) is 5.35. The molecule has 4 rings (SSSR count). The van der Waals surface area contributed by atoms with Gasteiger partial charge in [-0.1, -0.05) is 18.2 Å². The Morgan fingerprint density at radius 3 is 2.92 bits per heavy atom. The van der Waals surface area contributed by atoms with Crippen molar-refractivity contribution in [3.05, 3.63) is 52.5 Å². The molecule has 0 aliphatic heterocycles. The Hall–Kier alpha value is -2.56. The molecule has 0 saturated carbocycles. The zero-order valence-electron chi connectivity index (χ0n) is 15.1. The molecule has 0 saturated heterocycles. The average molecular weight is 336 g/mol. The minimum absolute atomic E-state index is 0.0330. The Balaban J connectivity index is 1.62. The highest BCUT2D eigenvalue weighted by molar-refractivity contribution is 5.99. The number of hydrogen-bond donors (Lipinski definition) is 1. The van der Waals surface area contributed by atoms with Crippen molar-refractivity contribution in [2.24, 2.45) is 7.05 Å². The van der Waals surface area contributed by atoms with E-state index >= 15 is 0 Å². The monoisotopic (exact) mass is 336 g/mol. The van der Waals surface area contributed by atoms with Crippen molar-refractivity contribution in [2.45, 2.75) is 39.2 Å². The number of carbonyl (C=O) groups is 1. The van der Waals surface area contributed by atoms with Crippen LogP contribution in [0.1, 0.15) is 45.8 Å². The van der Waals surface area contributed by atoms with Crippen LogP contribution in [-0.4, -0.2) is 32.6 Å². The van der Waals surface area contributed by atoms with Crippen LogP contribution in [0.2, 0.25) is 0 Å². The number of benzene rings is 1. The van der Waals surface area contributed by atoms with Crippen LogP contribution in [0.25, 0.3) is 10.9 Å². The highest BCUT2D eigenvalue weighted by Gasteiger charge is 2.22. The summed E-state index contributed by atoms with van der Waals surface area (Å²) in [7, 11) is 3.82. The Labute approximate surface area is 147 Å². The third-order valence-corrected chi connectivity index (χ3v) is 5.35. The van der Waals surface area contributed by atoms with Gasteiger partial charge in [-0.25, -0.2) is 0 Å². The second-order valence-electron chi connectivity index (χ2n) is 7.10. The molecule has 1 aliphatic rings. The predicted molar refractivity (Wildman–Crippen MR) is 98.7 cm³/mol. The number of carbonyl (C=O) groups excluding carboxylic acids is 1. The van der Waals surface area contributed by atoms with Gasteiger partial charge in [0.25, 0.3) is 5.91 Å². The number of aromatic amines is 1. The van der Waals surface area contributed by atoms with Crippen molar-refractivity contribution in [2.75, 3.05) is 7.05 Å². The molecule has 5 nitrogen and oxygen atoms in total. The summed E-state index contributed by atoms with van der Waals surface area (Å²) in [5, 5.41) is 8.73. The molecular weight excluding hydrogens is 312 g/mol. The fourth-order valence-corrected chi connectivity index (χ4v) is 4.00. The maximum absolute atomic E-state index is 13.0. The number of nitrogens with zero attached hydrogens (tertiary/aromatic N) is 3. The Kier molecular flexibility index (Phi) is 3.86. The fourth-order valence-electron chi connectivity index (χ4n) is 4.00. The van der Waals surface area contributed by atoms with Gasteiger partial charge in [-0.2, -0.15) is 5.10 Å². The van der Waals surface area contributed by atoms with E-state index in [4.69, 9.17) is 0 Å². The second kappa shape index (κ2) is 6.06. The molecule has 2 aromatic heterocycles. The van der Waals surface area contributed by atoms with E-state index in [2.05, 4.69) is 29.3 Å². The number of H-pyrrole nitrogens is 1. The van der Waals surface area contributed by atoms with Gasteiger partial charge in [0.1, 0.15) is 5.69 Å². The van der Waals surface area contributed by atoms with Crippen LogP contribution in [-0.2, 0) is 26.4 Å². The van der Waals surface area contributed by atoms with Gasteiger partial charge in [0.15, 0.2) is 0 Å². The number of nitrogens with one attached hydrogen (secondary N) is 1. The van der Waals surface area contributed by atoms with Gasteiger partial charge in [-0.3, -0.25) is 9.89 Å². The molecule has 1 N–H and O–H groups in total. The maximum Gasteiger partial charge on any atom is 0.270 e. The first-order valence-corrected chi connectivity index (χ1v) is 8.91. The van der Waals surface area contributed by atoms with E-state index in [0.717, 1.165) is 35.1 Å². The summed E-state index contributed by atoms with van der Waals surface area (Å²) < 4.78 is 2.00. The third kappa shape index (κ3) is 2.64. The molecule has 0 unspecified atom stereocenters. The average Bonchev–Trinajstić information content (AvgIpc) is 3.17. The van der Waals surface area contributed by atoms with Crippen molar-refractivity contribution in [1.82, 2.24) is 19.7 Å². The lowest BCUT2D eigenvalue weighted by Gasteiger charge is -2.18. The lowest BCUT2D eigenvalue weighted by Crippen LogP contribution is -2.28. The summed E-state index contributed by atoms with van der Waals surface area (Å²) in [5.41, 5.74) is 6.61. The number of para-hydroxylation sites is 1. The molecule has 2 heterocycles. The molecule has 0 spiro atoms. The van der Waals surface area contributed by atoms with Crippen LogP contribution in [0.3, 0.4) is 0 Å². The SMILES string of the molecule is Cc1cccc2cc(C(=O)N(C)Cc3n[nH]c4c3CCCC4)n(C)c12. The first kappa shape index (κ1) is 15.9. The molecule has 0 atom stereocenters. The van der Waals surface area contributed by atoms with E-state index in [0.29, 0.717) is 6.54 Å². The van der Waals surface area contributed by atoms with Gasteiger partial charge in [0, 0.05) is 25.2 Å². The van der Waals surface area contributed by atoms with Crippen LogP contribution in [0, 0.1) is 6.92 Å². The summed E-state index contributed by atoms with van der Waals surface area (Å²) in [6.07, 6.45) is 4.57. The van der Waals surface area contributed by atoms with Gasteiger partial charge in [-0.05, 0) is 49.8 Å². The first-order valence-electron chi connectivity index (χ1n) is 8.91. The van der Waals surface area contributed by atoms with Gasteiger partial charge in [0.05, 0.1) is 17.8 Å². The van der Waals surface area contributed by atoms with E-state index in [9.17, 15) is 4.79 Å². The number of hydrogen-bond acceptors (Lipinski definition) is 2. The molecule has 130 valence electrons. The van der Waals surface area contributed by atoms with Crippen molar-refractivity contribution in [3.63, 3.8) is 0 Å². The van der Waals surface area contributed by atoms with E-state index in [1.54, 1.807) is 4.90 Å². The predicted octanol–water partition coefficient (Wildman–Crippen LogP) is 3.36. The molecule has 0 fully saturated rings. The minimum Gasteiger partial charge on any atom is -0.339 e. The van der Waals surface area contributed by atoms with Gasteiger partial charge < -0.3 is 9.47 Å². The number of rotatable bonds is 3. The number of aryl methyl sites for hydroxylation is 3. The highest BCUT2D eigenvalue weighted by atomic mass is 16.2. The number of aromatic nitrogens is 3. The minimum atomic E-state index is 0.0330. The topological polar surface area (TPSA) is 53.9 Å². The Morgan fingerprint density at radius 2 is 2.12 bits per heavy atom. The van der Waals surface area contributed by atoms with Crippen LogP contribution >= 0.6 is 0 Å². The molecule has 1 amide bonds. The largest absolute Gasteiger partial charge is 0.339 e. The van der Waals surface area contributed by atoms with Gasteiger partial charge >= 0.3 is 0 Å². The highest BCUT2D eigenvalue weighted by Crippen LogP contribution is 2.25. The van der Waals surface area contributed by atoms with Crippen molar-refractivity contribution >= 4 is 16.8 Å². The quantitative estimate of drug-likeness (QED) is 0.797. The number of fused-ring (bicyclic) bond motifs is 2. The van der Waals surface area contributed by atoms with E-state index in [-0.39, 0.29) is 5.91 Å². The molecular formula is C20H24N4O. The summed E-state index contributed by atoms with van der Waals surface area (Å²) in [6, 6.07) is 8.16. The smallest absolute Gasteiger partial charge is 0.270 e. The lowest BCUT2D eigenvalue weighted by molar-refractivity contribution is 0.0774. The molecule has 1 aromatic carbocycles. The van der Waals surface area contributed by atoms with E-state index in [1.165, 1.54) is 29.7 Å². The van der Waals surface area contributed by atoms with Gasteiger partial charge in [0.2, 0.25) is 0 Å². The normalized spacial score (nSPS) is 13.9. The molecule has 1 aliphatic carbocycles. The maximum atomic E-state index is 13.0. The van der Waals surface area contributed by atoms with E-state index < -0.39 is 0 Å². The van der Waals surface area contributed by atoms with E-state index in [1.807, 2.05) is 30.8 Å². The standard InChI is InChI=1S/C20H24N4O/c1-13-7-6-8-14-11-18(24(3)19(13)14)20(25)23(2)12-17-15-9-4-5-10-16(15)21-22-17/h6-8,11H,4-5,9-10,12H2,1-3H3,(H,21,22). The van der Waals surface area contributed by atoms with Crippen molar-refractivity contribution < 1.29 is 4.79 Å². The molecule has 0 radical (unpaired) electrons. The zero-order chi connectivity index (χ0) is 17.6. The van der Waals surface area contributed by atoms with Crippen LogP contribution in [0.4, 0.5) is 0 Å². The van der Waals surface area contributed by atoms with Crippen molar-refractivity contribution in [3.8, 4) is 0 Å². The zero-order valence-corrected chi connectivity index (χ0v) is 15.1. The fraction of sp³-hybridized carbons (Fsp3) is 0.400. The summed E-state index contributed by atoms with van der Waals surface area (Å²) in [4.78, 5) is 14.8. The second-order valence-corrected chi connectivity index (χ2v) is 7.10. The number of amides is 1. The molecule has 5 heteroatoms. The Morgan fingerprint density at radius 1 is 1.32 bits per heavy atom. The van der Waals surface area contributed by atoms with Gasteiger partial charge in [-0.15, -0.1) is 0 Å². The molecule has 3 aromatic rings. The summed E-state index contributed by atoms with van der Waals surface area (Å²) >= 11 is 0. The molecule has 25 heavy (non-hydrogen) atoms. The van der Waals surface area contributed by atoms with Crippen LogP contribution in [0.15, 0.2) is 24.3 Å². The molecule has 0 bridgehead atoms. The lowest BCUT2D eigenvalue weighted by atomic mass is 9.96. The summed E-state index contributed by atoms with van der Waals surface area (Å²) in [5.74, 6) is 0.0330. The van der Waals surface area contributed by atoms with Crippen LogP contribution < -0.4 is 0 Å². The summed E-state index contributed by atoms with van der Waals surface area (Å²) in [6.45, 7) is 2.63. The van der Waals surface area contributed by atoms with Crippen LogP contribution in [0.5, 0.6) is 0 Å². The first-order chi connectivity index (χ1) is 12.1. The Bertz CT molecular complexity index is 950. The van der Waals surface area contributed by atoms with Crippen molar-refractivity contribution in [1.29, 1.82) is 0 Å².